The first-order chi connectivity index (χ1) is 21.2. The van der Waals surface area contributed by atoms with E-state index in [0.29, 0.717) is 45.9 Å². The van der Waals surface area contributed by atoms with Gasteiger partial charge in [0.05, 0.1) is 53.0 Å². The lowest BCUT2D eigenvalue weighted by Gasteiger charge is -2.08. The second-order valence-corrected chi connectivity index (χ2v) is 12.4. The topological polar surface area (TPSA) is 158 Å². The van der Waals surface area contributed by atoms with Crippen LogP contribution in [0.2, 0.25) is 0 Å². The van der Waals surface area contributed by atoms with Crippen LogP contribution in [-0.4, -0.2) is 50.7 Å². The Hall–Kier alpha value is -5.01. The highest BCUT2D eigenvalue weighted by atomic mass is 32.2. The number of pyridine rings is 3. The number of carbonyl (C=O) groups is 1. The maximum Gasteiger partial charge on any atom is 0.224 e. The fourth-order valence-corrected chi connectivity index (χ4v) is 5.45. The van der Waals surface area contributed by atoms with Gasteiger partial charge in [0.1, 0.15) is 11.5 Å². The number of benzene rings is 1. The second-order valence-electron chi connectivity index (χ2n) is 10.6. The van der Waals surface area contributed by atoms with Crippen molar-refractivity contribution in [3.63, 3.8) is 0 Å². The van der Waals surface area contributed by atoms with Crippen LogP contribution in [0.5, 0.6) is 0 Å². The molecule has 11 nitrogen and oxygen atoms in total. The average molecular weight is 613 g/mol. The first-order valence-electron chi connectivity index (χ1n) is 14.0. The molecular weight excluding hydrogens is 583 g/mol. The minimum absolute atomic E-state index is 0.0370. The number of sulfonamides is 1. The van der Waals surface area contributed by atoms with E-state index in [-0.39, 0.29) is 12.5 Å². The van der Waals surface area contributed by atoms with E-state index in [2.05, 4.69) is 40.2 Å². The molecule has 0 fully saturated rings. The van der Waals surface area contributed by atoms with Crippen LogP contribution >= 0.6 is 0 Å². The smallest absolute Gasteiger partial charge is 0.224 e. The van der Waals surface area contributed by atoms with E-state index in [1.165, 1.54) is 12.1 Å². The van der Waals surface area contributed by atoms with Crippen molar-refractivity contribution in [3.05, 3.63) is 78.8 Å². The predicted octanol–water partition coefficient (Wildman–Crippen LogP) is 5.55. The van der Waals surface area contributed by atoms with Crippen molar-refractivity contribution >= 4 is 43.4 Å². The number of carbonyl (C=O) groups excluding carboxylic acids is 1. The molecule has 224 valence electrons. The highest BCUT2D eigenvalue weighted by molar-refractivity contribution is 7.88. The summed E-state index contributed by atoms with van der Waals surface area (Å²) in [5.74, 6) is -0.544. The van der Waals surface area contributed by atoms with Crippen LogP contribution in [0.1, 0.15) is 31.7 Å². The minimum Gasteiger partial charge on any atom is -0.352 e. The summed E-state index contributed by atoms with van der Waals surface area (Å²) in [6.45, 7) is 2.00. The third kappa shape index (κ3) is 6.33. The molecule has 44 heavy (non-hydrogen) atoms. The van der Waals surface area contributed by atoms with Crippen molar-refractivity contribution in [2.24, 2.45) is 0 Å². The predicted molar refractivity (Wildman–Crippen MR) is 167 cm³/mol. The van der Waals surface area contributed by atoms with Gasteiger partial charge in [0.15, 0.2) is 0 Å². The van der Waals surface area contributed by atoms with E-state index in [9.17, 15) is 17.6 Å². The monoisotopic (exact) mass is 612 g/mol. The zero-order valence-corrected chi connectivity index (χ0v) is 24.8. The quantitative estimate of drug-likeness (QED) is 0.158. The molecule has 0 spiro atoms. The van der Waals surface area contributed by atoms with Gasteiger partial charge in [-0.3, -0.25) is 24.8 Å². The number of rotatable bonds is 10. The van der Waals surface area contributed by atoms with E-state index in [1.54, 1.807) is 37.1 Å². The Labute approximate surface area is 252 Å². The number of nitrogens with one attached hydrogen (secondary N) is 4. The van der Waals surface area contributed by atoms with Crippen molar-refractivity contribution in [1.29, 1.82) is 0 Å². The van der Waals surface area contributed by atoms with Crippen LogP contribution in [0.25, 0.3) is 55.6 Å². The van der Waals surface area contributed by atoms with Crippen LogP contribution < -0.4 is 10.0 Å². The van der Waals surface area contributed by atoms with Crippen molar-refractivity contribution < 1.29 is 17.6 Å². The first kappa shape index (κ1) is 29.1. The molecule has 0 radical (unpaired) electrons. The summed E-state index contributed by atoms with van der Waals surface area (Å²) >= 11 is 0. The molecule has 0 aliphatic heterocycles. The average Bonchev–Trinajstić information content (AvgIpc) is 3.62. The fourth-order valence-electron chi connectivity index (χ4n) is 5.02. The van der Waals surface area contributed by atoms with Gasteiger partial charge in [-0.15, -0.1) is 0 Å². The van der Waals surface area contributed by atoms with Gasteiger partial charge in [-0.05, 0) is 53.9 Å². The maximum absolute atomic E-state index is 14.6. The number of amides is 1. The molecular formula is C31H29FN8O3S. The summed E-state index contributed by atoms with van der Waals surface area (Å²) < 4.78 is 40.1. The van der Waals surface area contributed by atoms with Crippen molar-refractivity contribution in [1.82, 2.24) is 34.9 Å². The second kappa shape index (κ2) is 11.9. The molecule has 0 aliphatic rings. The van der Waals surface area contributed by atoms with Crippen molar-refractivity contribution in [2.75, 3.05) is 11.6 Å². The van der Waals surface area contributed by atoms with Gasteiger partial charge in [-0.25, -0.2) is 17.5 Å². The van der Waals surface area contributed by atoms with Gasteiger partial charge in [0.25, 0.3) is 0 Å². The number of aromatic nitrogens is 6. The normalized spacial score (nSPS) is 11.8. The summed E-state index contributed by atoms with van der Waals surface area (Å²) in [7, 11) is -3.44. The molecule has 0 saturated heterocycles. The number of fused-ring (bicyclic) bond motifs is 2. The molecule has 0 saturated carbocycles. The number of hydrogen-bond acceptors (Lipinski definition) is 7. The Bertz CT molecular complexity index is 2120. The van der Waals surface area contributed by atoms with Crippen molar-refractivity contribution in [3.8, 4) is 33.8 Å². The molecule has 1 aromatic carbocycles. The molecule has 6 rings (SSSR count). The SMILES string of the molecule is CCCCC(=O)Nc1cncc(-c2cc3c(-c4cc5c(-c6cc(F)cc(CNS(C)(=O)=O)c6)cncc5[nH]4)n[nH]c3cn2)c1. The van der Waals surface area contributed by atoms with Crippen LogP contribution in [0.4, 0.5) is 10.1 Å². The maximum atomic E-state index is 14.6. The lowest BCUT2D eigenvalue weighted by atomic mass is 10.0. The molecule has 1 amide bonds. The highest BCUT2D eigenvalue weighted by Gasteiger charge is 2.16. The minimum atomic E-state index is -3.44. The standard InChI is InChI=1S/C31H29FN8O3S/c1-3-4-5-30(41)37-22-9-20(13-33-14-22)26-11-24-29(17-35-26)39-40-31(24)27-10-23-25(15-34-16-28(23)38-27)19-6-18(7-21(32)8-19)12-36-44(2,42)43/h6-11,13-17,36,38H,3-5,12H2,1-2H3,(H,37,41)(H,39,40). The van der Waals surface area contributed by atoms with Gasteiger partial charge in [0, 0.05) is 47.3 Å². The number of unbranched alkanes of at least 4 members (excludes halogenated alkanes) is 1. The molecule has 5 heterocycles. The number of H-pyrrole nitrogens is 2. The molecule has 0 aliphatic carbocycles. The Morgan fingerprint density at radius 1 is 0.932 bits per heavy atom. The van der Waals surface area contributed by atoms with E-state index in [4.69, 9.17) is 0 Å². The number of halogens is 1. The molecule has 6 aromatic rings. The van der Waals surface area contributed by atoms with E-state index >= 15 is 0 Å². The zero-order valence-electron chi connectivity index (χ0n) is 24.0. The van der Waals surface area contributed by atoms with Crippen LogP contribution in [-0.2, 0) is 21.4 Å². The van der Waals surface area contributed by atoms with Crippen molar-refractivity contribution in [2.45, 2.75) is 32.7 Å². The Kier molecular flexibility index (Phi) is 7.89. The van der Waals surface area contributed by atoms with Gasteiger partial charge in [-0.2, -0.15) is 5.10 Å². The Morgan fingerprint density at radius 2 is 1.77 bits per heavy atom. The summed E-state index contributed by atoms with van der Waals surface area (Å²) in [5.41, 5.74) is 6.53. The zero-order chi connectivity index (χ0) is 30.8. The number of aromatic amines is 2. The van der Waals surface area contributed by atoms with Gasteiger partial charge >= 0.3 is 0 Å². The summed E-state index contributed by atoms with van der Waals surface area (Å²) in [5, 5.41) is 12.1. The van der Waals surface area contributed by atoms with Crippen LogP contribution in [0.3, 0.4) is 0 Å². The van der Waals surface area contributed by atoms with Gasteiger partial charge in [0.2, 0.25) is 15.9 Å². The fraction of sp³-hybridized carbons (Fsp3) is 0.194. The third-order valence-corrected chi connectivity index (χ3v) is 7.80. The largest absolute Gasteiger partial charge is 0.352 e. The van der Waals surface area contributed by atoms with Gasteiger partial charge < -0.3 is 10.3 Å². The van der Waals surface area contributed by atoms with Gasteiger partial charge in [-0.1, -0.05) is 13.3 Å². The van der Waals surface area contributed by atoms with Crippen LogP contribution in [0.15, 0.2) is 67.4 Å². The lowest BCUT2D eigenvalue weighted by Crippen LogP contribution is -2.21. The van der Waals surface area contributed by atoms with Crippen LogP contribution in [0, 0.1) is 5.82 Å². The summed E-state index contributed by atoms with van der Waals surface area (Å²) in [4.78, 5) is 28.8. The third-order valence-electron chi connectivity index (χ3n) is 7.13. The van der Waals surface area contributed by atoms with E-state index in [1.807, 2.05) is 25.1 Å². The molecule has 4 N–H and O–H groups in total. The number of hydrogen-bond donors (Lipinski definition) is 4. The molecule has 13 heteroatoms. The van der Waals surface area contributed by atoms with E-state index < -0.39 is 15.8 Å². The number of anilines is 1. The molecule has 0 unspecified atom stereocenters. The molecule has 0 atom stereocenters. The number of nitrogens with zero attached hydrogens (tertiary/aromatic N) is 4. The molecule has 5 aromatic heterocycles. The highest BCUT2D eigenvalue weighted by Crippen LogP contribution is 2.35. The lowest BCUT2D eigenvalue weighted by molar-refractivity contribution is -0.116. The summed E-state index contributed by atoms with van der Waals surface area (Å²) in [6.07, 6.45) is 11.6. The summed E-state index contributed by atoms with van der Waals surface area (Å²) in [6, 6.07) is 10.1. The van der Waals surface area contributed by atoms with E-state index in [0.717, 1.165) is 46.5 Å². The Morgan fingerprint density at radius 3 is 2.59 bits per heavy atom. The Balaban J connectivity index is 1.35. The molecule has 0 bridgehead atoms. The first-order valence-corrected chi connectivity index (χ1v) is 15.9.